The summed E-state index contributed by atoms with van der Waals surface area (Å²) in [6, 6.07) is 0. The Kier molecular flexibility index (Phi) is 2.43. The van der Waals surface area contributed by atoms with Crippen molar-refractivity contribution in [1.29, 1.82) is 0 Å². The zero-order valence-electron chi connectivity index (χ0n) is 7.19. The summed E-state index contributed by atoms with van der Waals surface area (Å²) in [5.41, 5.74) is 1.95. The van der Waals surface area contributed by atoms with Crippen molar-refractivity contribution in [2.24, 2.45) is 0 Å². The molecule has 0 saturated heterocycles. The molecule has 0 saturated carbocycles. The summed E-state index contributed by atoms with van der Waals surface area (Å²) in [6.45, 7) is 5.35. The molecule has 0 aromatic carbocycles. The Morgan fingerprint density at radius 1 is 1.67 bits per heavy atom. The molecule has 0 aliphatic rings. The van der Waals surface area contributed by atoms with Crippen molar-refractivity contribution in [3.05, 3.63) is 29.9 Å². The number of nitrogens with zero attached hydrogens (tertiary/aromatic N) is 1. The number of rotatable bonds is 2. The largest absolute Gasteiger partial charge is 0.386 e. The van der Waals surface area contributed by atoms with E-state index in [1.807, 2.05) is 6.92 Å². The van der Waals surface area contributed by atoms with Gasteiger partial charge in [-0.15, -0.1) is 0 Å². The Bertz CT molecular complexity index is 308. The summed E-state index contributed by atoms with van der Waals surface area (Å²) in [6.07, 6.45) is 2.68. The maximum atomic E-state index is 13.0. The summed E-state index contributed by atoms with van der Waals surface area (Å²) < 4.78 is 13.0. The Hall–Kier alpha value is -1.38. The summed E-state index contributed by atoms with van der Waals surface area (Å²) in [7, 11) is 1.73. The van der Waals surface area contributed by atoms with E-state index >= 15 is 0 Å². The molecule has 1 heterocycles. The van der Waals surface area contributed by atoms with Crippen LogP contribution in [0.2, 0.25) is 0 Å². The highest BCUT2D eigenvalue weighted by Gasteiger charge is 2.07. The lowest BCUT2D eigenvalue weighted by molar-refractivity contribution is 0.618. The number of halogens is 1. The Labute approximate surface area is 71.1 Å². The van der Waals surface area contributed by atoms with E-state index in [2.05, 4.69) is 16.9 Å². The van der Waals surface area contributed by atoms with Crippen molar-refractivity contribution in [3.63, 3.8) is 0 Å². The van der Waals surface area contributed by atoms with Crippen LogP contribution >= 0.6 is 0 Å². The van der Waals surface area contributed by atoms with Gasteiger partial charge in [0.1, 0.15) is 0 Å². The minimum absolute atomic E-state index is 0.347. The van der Waals surface area contributed by atoms with Gasteiger partial charge in [0.25, 0.3) is 0 Å². The normalized spacial score (nSPS) is 9.58. The lowest BCUT2D eigenvalue weighted by Gasteiger charge is -2.08. The van der Waals surface area contributed by atoms with Crippen LogP contribution in [0.15, 0.2) is 12.8 Å². The second-order valence-electron chi connectivity index (χ2n) is 2.43. The predicted molar refractivity (Wildman–Crippen MR) is 48.6 cm³/mol. The van der Waals surface area contributed by atoms with Gasteiger partial charge >= 0.3 is 0 Å². The molecule has 0 amide bonds. The van der Waals surface area contributed by atoms with Gasteiger partial charge in [-0.05, 0) is 6.92 Å². The molecule has 3 heteroatoms. The summed E-state index contributed by atoms with van der Waals surface area (Å²) in [5.74, 6) is -0.347. The fourth-order valence-corrected chi connectivity index (χ4v) is 1.12. The van der Waals surface area contributed by atoms with Crippen LogP contribution in [-0.4, -0.2) is 12.0 Å². The molecule has 0 fully saturated rings. The van der Waals surface area contributed by atoms with E-state index in [1.54, 1.807) is 7.05 Å². The highest BCUT2D eigenvalue weighted by molar-refractivity contribution is 5.67. The fourth-order valence-electron chi connectivity index (χ4n) is 1.12. The lowest BCUT2D eigenvalue weighted by atomic mass is 10.1. The molecule has 1 N–H and O–H groups in total. The second kappa shape index (κ2) is 3.34. The number of hydrogen-bond acceptors (Lipinski definition) is 2. The molecular formula is C9H11FN2. The SMILES string of the molecule is C=Cc1c(F)cnc(C)c1NC. The fraction of sp³-hybridized carbons (Fsp3) is 0.222. The van der Waals surface area contributed by atoms with Gasteiger partial charge in [-0.1, -0.05) is 12.7 Å². The van der Waals surface area contributed by atoms with Crippen molar-refractivity contribution in [3.8, 4) is 0 Å². The van der Waals surface area contributed by atoms with Gasteiger partial charge in [0, 0.05) is 12.6 Å². The molecule has 0 bridgehead atoms. The van der Waals surface area contributed by atoms with Gasteiger partial charge in [0.15, 0.2) is 5.82 Å². The van der Waals surface area contributed by atoms with Gasteiger partial charge in [0.05, 0.1) is 17.6 Å². The average Bonchev–Trinajstić information content (AvgIpc) is 2.08. The molecule has 0 unspecified atom stereocenters. The Balaban J connectivity index is 3.38. The van der Waals surface area contributed by atoms with Crippen LogP contribution in [-0.2, 0) is 0 Å². The van der Waals surface area contributed by atoms with Crippen molar-refractivity contribution < 1.29 is 4.39 Å². The van der Waals surface area contributed by atoms with Gasteiger partial charge < -0.3 is 5.32 Å². The summed E-state index contributed by atoms with van der Waals surface area (Å²) >= 11 is 0. The third-order valence-electron chi connectivity index (χ3n) is 1.71. The van der Waals surface area contributed by atoms with Gasteiger partial charge in [0.2, 0.25) is 0 Å². The molecule has 2 nitrogen and oxygen atoms in total. The van der Waals surface area contributed by atoms with Crippen molar-refractivity contribution in [2.45, 2.75) is 6.92 Å². The minimum atomic E-state index is -0.347. The molecular weight excluding hydrogens is 155 g/mol. The number of anilines is 1. The van der Waals surface area contributed by atoms with Crippen LogP contribution in [0.4, 0.5) is 10.1 Å². The molecule has 1 aromatic heterocycles. The van der Waals surface area contributed by atoms with Crippen molar-refractivity contribution in [1.82, 2.24) is 4.98 Å². The maximum Gasteiger partial charge on any atom is 0.150 e. The minimum Gasteiger partial charge on any atom is -0.386 e. The van der Waals surface area contributed by atoms with E-state index in [4.69, 9.17) is 0 Å². The van der Waals surface area contributed by atoms with Crippen LogP contribution < -0.4 is 5.32 Å². The molecule has 1 rings (SSSR count). The topological polar surface area (TPSA) is 24.9 Å². The Morgan fingerprint density at radius 3 is 2.75 bits per heavy atom. The van der Waals surface area contributed by atoms with Crippen LogP contribution in [0.5, 0.6) is 0 Å². The third-order valence-corrected chi connectivity index (χ3v) is 1.71. The van der Waals surface area contributed by atoms with Crippen LogP contribution in [0, 0.1) is 12.7 Å². The summed E-state index contributed by atoms with van der Waals surface area (Å²) in [4.78, 5) is 3.87. The second-order valence-corrected chi connectivity index (χ2v) is 2.43. The maximum absolute atomic E-state index is 13.0. The van der Waals surface area contributed by atoms with Crippen LogP contribution in [0.25, 0.3) is 6.08 Å². The monoisotopic (exact) mass is 166 g/mol. The van der Waals surface area contributed by atoms with Gasteiger partial charge in [-0.2, -0.15) is 0 Å². The molecule has 1 aromatic rings. The number of hydrogen-bond donors (Lipinski definition) is 1. The van der Waals surface area contributed by atoms with E-state index in [9.17, 15) is 4.39 Å². The molecule has 0 atom stereocenters. The standard InChI is InChI=1S/C9H11FN2/c1-4-7-8(10)5-12-6(2)9(7)11-3/h4-5,11H,1H2,2-3H3. The molecule has 0 aliphatic carbocycles. The van der Waals surface area contributed by atoms with Gasteiger partial charge in [-0.25, -0.2) is 4.39 Å². The van der Waals surface area contributed by atoms with Crippen molar-refractivity contribution >= 4 is 11.8 Å². The zero-order valence-corrected chi connectivity index (χ0v) is 7.19. The van der Waals surface area contributed by atoms with E-state index in [1.165, 1.54) is 12.3 Å². The van der Waals surface area contributed by atoms with E-state index in [-0.39, 0.29) is 5.82 Å². The molecule has 0 aliphatic heterocycles. The summed E-state index contributed by atoms with van der Waals surface area (Å²) in [5, 5.41) is 2.88. The zero-order chi connectivity index (χ0) is 9.14. The number of nitrogens with one attached hydrogen (secondary N) is 1. The predicted octanol–water partition coefficient (Wildman–Crippen LogP) is 2.21. The van der Waals surface area contributed by atoms with E-state index in [0.29, 0.717) is 11.3 Å². The molecule has 0 radical (unpaired) electrons. The highest BCUT2D eigenvalue weighted by Crippen LogP contribution is 2.21. The smallest absolute Gasteiger partial charge is 0.150 e. The van der Waals surface area contributed by atoms with E-state index in [0.717, 1.165) is 5.69 Å². The number of pyridine rings is 1. The quantitative estimate of drug-likeness (QED) is 0.728. The average molecular weight is 166 g/mol. The first-order chi connectivity index (χ1) is 5.70. The molecule has 0 spiro atoms. The highest BCUT2D eigenvalue weighted by atomic mass is 19.1. The first-order valence-electron chi connectivity index (χ1n) is 3.66. The van der Waals surface area contributed by atoms with Crippen LogP contribution in [0.3, 0.4) is 0 Å². The molecule has 64 valence electrons. The Morgan fingerprint density at radius 2 is 2.33 bits per heavy atom. The first kappa shape index (κ1) is 8.71. The number of aromatic nitrogens is 1. The lowest BCUT2D eigenvalue weighted by Crippen LogP contribution is -1.99. The first-order valence-corrected chi connectivity index (χ1v) is 3.66. The number of aryl methyl sites for hydroxylation is 1. The van der Waals surface area contributed by atoms with E-state index < -0.39 is 0 Å². The third kappa shape index (κ3) is 1.30. The molecule has 12 heavy (non-hydrogen) atoms. The van der Waals surface area contributed by atoms with Gasteiger partial charge in [-0.3, -0.25) is 4.98 Å². The van der Waals surface area contributed by atoms with Crippen molar-refractivity contribution in [2.75, 3.05) is 12.4 Å². The van der Waals surface area contributed by atoms with Crippen LogP contribution in [0.1, 0.15) is 11.3 Å².